The fourth-order valence-electron chi connectivity index (χ4n) is 1.03. The first-order chi connectivity index (χ1) is 6.02. The predicted octanol–water partition coefficient (Wildman–Crippen LogP) is 1.42. The molecule has 0 aliphatic rings. The van der Waals surface area contributed by atoms with Crippen molar-refractivity contribution < 1.29 is 4.79 Å². The Hall–Kier alpha value is -0.570. The monoisotopic (exact) mass is 186 g/mol. The van der Waals surface area contributed by atoms with E-state index in [1.807, 2.05) is 13.8 Å². The van der Waals surface area contributed by atoms with Gasteiger partial charge >= 0.3 is 0 Å². The van der Waals surface area contributed by atoms with Crippen LogP contribution in [0.25, 0.3) is 0 Å². The van der Waals surface area contributed by atoms with Crippen LogP contribution in [-0.2, 0) is 4.79 Å². The predicted molar refractivity (Wildman–Crippen MR) is 55.4 cm³/mol. The molecule has 0 radical (unpaired) electrons. The summed E-state index contributed by atoms with van der Waals surface area (Å²) in [6.45, 7) is 6.48. The Kier molecular flexibility index (Phi) is 5.71. The zero-order chi connectivity index (χ0) is 10.3. The standard InChI is InChI=1S/C10H22N2O/c1-4-5-6-7-9(13)12-10(2,3)8-11/h4-8,11H2,1-3H3,(H,12,13). The Balaban J connectivity index is 3.62. The van der Waals surface area contributed by atoms with E-state index in [4.69, 9.17) is 5.73 Å². The molecule has 0 aliphatic carbocycles. The average molecular weight is 186 g/mol. The number of carbonyl (C=O) groups excluding carboxylic acids is 1. The normalized spacial score (nSPS) is 11.4. The van der Waals surface area contributed by atoms with Gasteiger partial charge in [0.05, 0.1) is 0 Å². The van der Waals surface area contributed by atoms with E-state index < -0.39 is 0 Å². The van der Waals surface area contributed by atoms with Crippen molar-refractivity contribution in [3.63, 3.8) is 0 Å². The molecule has 3 N–H and O–H groups in total. The maximum absolute atomic E-state index is 11.3. The molecular weight excluding hydrogens is 164 g/mol. The van der Waals surface area contributed by atoms with Crippen molar-refractivity contribution in [3.8, 4) is 0 Å². The molecule has 0 spiro atoms. The molecular formula is C10H22N2O. The zero-order valence-electron chi connectivity index (χ0n) is 9.02. The van der Waals surface area contributed by atoms with E-state index in [1.54, 1.807) is 0 Å². The molecule has 0 heterocycles. The van der Waals surface area contributed by atoms with Crippen molar-refractivity contribution in [1.82, 2.24) is 5.32 Å². The summed E-state index contributed by atoms with van der Waals surface area (Å²) >= 11 is 0. The van der Waals surface area contributed by atoms with E-state index in [0.717, 1.165) is 19.3 Å². The number of nitrogens with two attached hydrogens (primary N) is 1. The lowest BCUT2D eigenvalue weighted by Gasteiger charge is -2.24. The van der Waals surface area contributed by atoms with Crippen LogP contribution < -0.4 is 11.1 Å². The van der Waals surface area contributed by atoms with Crippen molar-refractivity contribution in [2.45, 2.75) is 52.0 Å². The van der Waals surface area contributed by atoms with Gasteiger partial charge in [-0.3, -0.25) is 4.79 Å². The van der Waals surface area contributed by atoms with Crippen molar-refractivity contribution >= 4 is 5.91 Å². The van der Waals surface area contributed by atoms with E-state index in [9.17, 15) is 4.79 Å². The summed E-state index contributed by atoms with van der Waals surface area (Å²) < 4.78 is 0. The molecule has 0 aromatic rings. The van der Waals surface area contributed by atoms with Gasteiger partial charge in [0.15, 0.2) is 0 Å². The minimum atomic E-state index is -0.261. The summed E-state index contributed by atoms with van der Waals surface area (Å²) in [5.74, 6) is 0.115. The van der Waals surface area contributed by atoms with Crippen molar-refractivity contribution in [1.29, 1.82) is 0 Å². The van der Waals surface area contributed by atoms with Crippen LogP contribution in [0.3, 0.4) is 0 Å². The highest BCUT2D eigenvalue weighted by Crippen LogP contribution is 2.02. The molecule has 0 unspecified atom stereocenters. The highest BCUT2D eigenvalue weighted by atomic mass is 16.1. The number of hydrogen-bond acceptors (Lipinski definition) is 2. The smallest absolute Gasteiger partial charge is 0.220 e. The van der Waals surface area contributed by atoms with E-state index in [0.29, 0.717) is 13.0 Å². The molecule has 0 bridgehead atoms. The summed E-state index contributed by atoms with van der Waals surface area (Å²) in [5.41, 5.74) is 5.23. The SMILES string of the molecule is CCCCCC(=O)NC(C)(C)CN. The number of nitrogens with one attached hydrogen (secondary N) is 1. The quantitative estimate of drug-likeness (QED) is 0.616. The maximum Gasteiger partial charge on any atom is 0.220 e. The Bertz CT molecular complexity index is 155. The molecule has 0 aromatic carbocycles. The summed E-state index contributed by atoms with van der Waals surface area (Å²) in [6.07, 6.45) is 3.87. The van der Waals surface area contributed by atoms with Crippen LogP contribution in [0.4, 0.5) is 0 Å². The lowest BCUT2D eigenvalue weighted by molar-refractivity contribution is -0.122. The first-order valence-electron chi connectivity index (χ1n) is 5.03. The second-order valence-electron chi connectivity index (χ2n) is 4.09. The summed E-state index contributed by atoms with van der Waals surface area (Å²) in [4.78, 5) is 11.3. The summed E-state index contributed by atoms with van der Waals surface area (Å²) in [6, 6.07) is 0. The number of unbranched alkanes of at least 4 members (excludes halogenated alkanes) is 2. The molecule has 3 nitrogen and oxygen atoms in total. The van der Waals surface area contributed by atoms with Gasteiger partial charge in [-0.2, -0.15) is 0 Å². The second-order valence-corrected chi connectivity index (χ2v) is 4.09. The third kappa shape index (κ3) is 6.58. The van der Waals surface area contributed by atoms with Crippen molar-refractivity contribution in [2.75, 3.05) is 6.54 Å². The molecule has 0 fully saturated rings. The first kappa shape index (κ1) is 12.4. The van der Waals surface area contributed by atoms with Gasteiger partial charge in [0.2, 0.25) is 5.91 Å². The number of hydrogen-bond donors (Lipinski definition) is 2. The van der Waals surface area contributed by atoms with Gasteiger partial charge in [-0.25, -0.2) is 0 Å². The van der Waals surface area contributed by atoms with Crippen LogP contribution in [0.1, 0.15) is 46.5 Å². The van der Waals surface area contributed by atoms with Crippen LogP contribution >= 0.6 is 0 Å². The molecule has 0 aromatic heterocycles. The van der Waals surface area contributed by atoms with Gasteiger partial charge in [0.25, 0.3) is 0 Å². The average Bonchev–Trinajstić information content (AvgIpc) is 2.04. The largest absolute Gasteiger partial charge is 0.350 e. The van der Waals surface area contributed by atoms with Crippen molar-refractivity contribution in [3.05, 3.63) is 0 Å². The Morgan fingerprint density at radius 3 is 2.46 bits per heavy atom. The van der Waals surface area contributed by atoms with Gasteiger partial charge in [-0.1, -0.05) is 19.8 Å². The molecule has 13 heavy (non-hydrogen) atoms. The molecule has 0 saturated heterocycles. The van der Waals surface area contributed by atoms with E-state index in [1.165, 1.54) is 0 Å². The fourth-order valence-corrected chi connectivity index (χ4v) is 1.03. The molecule has 0 saturated carbocycles. The fraction of sp³-hybridized carbons (Fsp3) is 0.900. The Labute approximate surface area is 81.1 Å². The van der Waals surface area contributed by atoms with Crippen LogP contribution in [0, 0.1) is 0 Å². The van der Waals surface area contributed by atoms with Gasteiger partial charge in [0, 0.05) is 18.5 Å². The van der Waals surface area contributed by atoms with Crippen LogP contribution in [0.5, 0.6) is 0 Å². The maximum atomic E-state index is 11.3. The molecule has 3 heteroatoms. The van der Waals surface area contributed by atoms with Crippen LogP contribution in [-0.4, -0.2) is 18.0 Å². The van der Waals surface area contributed by atoms with Crippen LogP contribution in [0.15, 0.2) is 0 Å². The Morgan fingerprint density at radius 2 is 2.00 bits per heavy atom. The van der Waals surface area contributed by atoms with Crippen molar-refractivity contribution in [2.24, 2.45) is 5.73 Å². The summed E-state index contributed by atoms with van der Waals surface area (Å²) in [5, 5.41) is 2.90. The molecule has 78 valence electrons. The van der Waals surface area contributed by atoms with Gasteiger partial charge in [0.1, 0.15) is 0 Å². The third-order valence-electron chi connectivity index (χ3n) is 2.00. The molecule has 0 atom stereocenters. The molecule has 0 rings (SSSR count). The summed E-state index contributed by atoms with van der Waals surface area (Å²) in [7, 11) is 0. The third-order valence-corrected chi connectivity index (χ3v) is 2.00. The van der Waals surface area contributed by atoms with Crippen LogP contribution in [0.2, 0.25) is 0 Å². The first-order valence-corrected chi connectivity index (χ1v) is 5.03. The lowest BCUT2D eigenvalue weighted by atomic mass is 10.1. The Morgan fingerprint density at radius 1 is 1.38 bits per heavy atom. The molecule has 1 amide bonds. The number of carbonyl (C=O) groups is 1. The van der Waals surface area contributed by atoms with E-state index >= 15 is 0 Å². The minimum Gasteiger partial charge on any atom is -0.350 e. The molecule has 0 aliphatic heterocycles. The highest BCUT2D eigenvalue weighted by Gasteiger charge is 2.17. The minimum absolute atomic E-state index is 0.115. The highest BCUT2D eigenvalue weighted by molar-refractivity contribution is 5.76. The van der Waals surface area contributed by atoms with E-state index in [2.05, 4.69) is 12.2 Å². The van der Waals surface area contributed by atoms with E-state index in [-0.39, 0.29) is 11.4 Å². The van der Waals surface area contributed by atoms with Gasteiger partial charge in [-0.15, -0.1) is 0 Å². The zero-order valence-corrected chi connectivity index (χ0v) is 9.02. The number of rotatable bonds is 6. The lowest BCUT2D eigenvalue weighted by Crippen LogP contribution is -2.48. The second kappa shape index (κ2) is 5.97. The van der Waals surface area contributed by atoms with Gasteiger partial charge in [-0.05, 0) is 20.3 Å². The van der Waals surface area contributed by atoms with Gasteiger partial charge < -0.3 is 11.1 Å². The topological polar surface area (TPSA) is 55.1 Å². The number of amides is 1.